The molecule has 0 fully saturated rings. The Kier molecular flexibility index (Phi) is 3.10. The second-order valence-corrected chi connectivity index (χ2v) is 5.33. The minimum atomic E-state index is -0.854. The molecule has 0 aliphatic carbocycles. The van der Waals surface area contributed by atoms with Gasteiger partial charge in [-0.1, -0.05) is 17.4 Å². The molecule has 1 amide bonds. The molecule has 0 aliphatic rings. The maximum atomic E-state index is 11.9. The second-order valence-electron chi connectivity index (χ2n) is 4.30. The summed E-state index contributed by atoms with van der Waals surface area (Å²) in [5, 5.41) is 8.27. The molecule has 0 aliphatic heterocycles. The zero-order valence-corrected chi connectivity index (χ0v) is 11.6. The SMILES string of the molecule is Cc1ccc2nc(NC(=O)c3n[nH]c(=O)[nH]c3=O)sc2c1. The van der Waals surface area contributed by atoms with E-state index in [2.05, 4.69) is 15.4 Å². The average molecular weight is 303 g/mol. The summed E-state index contributed by atoms with van der Waals surface area (Å²) in [5.74, 6) is -0.733. The van der Waals surface area contributed by atoms with Crippen molar-refractivity contribution in [3.8, 4) is 0 Å². The van der Waals surface area contributed by atoms with Gasteiger partial charge in [0.2, 0.25) is 5.69 Å². The summed E-state index contributed by atoms with van der Waals surface area (Å²) in [6, 6.07) is 5.72. The van der Waals surface area contributed by atoms with E-state index in [4.69, 9.17) is 0 Å². The summed E-state index contributed by atoms with van der Waals surface area (Å²) in [5.41, 5.74) is -0.211. The van der Waals surface area contributed by atoms with Gasteiger partial charge in [-0.05, 0) is 24.6 Å². The van der Waals surface area contributed by atoms with Crippen LogP contribution in [0.25, 0.3) is 10.2 Å². The third kappa shape index (κ3) is 2.58. The number of aromatic amines is 2. The van der Waals surface area contributed by atoms with Gasteiger partial charge >= 0.3 is 5.69 Å². The Hall–Kier alpha value is -2.81. The van der Waals surface area contributed by atoms with Crippen molar-refractivity contribution in [3.63, 3.8) is 0 Å². The predicted octanol–water partition coefficient (Wildman–Crippen LogP) is 0.629. The van der Waals surface area contributed by atoms with E-state index in [1.807, 2.05) is 35.2 Å². The monoisotopic (exact) mass is 303 g/mol. The van der Waals surface area contributed by atoms with Crippen LogP contribution in [-0.4, -0.2) is 26.1 Å². The number of carbonyl (C=O) groups is 1. The molecule has 9 heteroatoms. The Morgan fingerprint density at radius 1 is 1.33 bits per heavy atom. The number of hydrogen-bond acceptors (Lipinski definition) is 6. The molecule has 0 bridgehead atoms. The maximum Gasteiger partial charge on any atom is 0.342 e. The fourth-order valence-corrected chi connectivity index (χ4v) is 2.70. The molecule has 0 saturated heterocycles. The number of nitrogens with zero attached hydrogens (tertiary/aromatic N) is 2. The van der Waals surface area contributed by atoms with E-state index in [0.717, 1.165) is 15.8 Å². The number of carbonyl (C=O) groups excluding carboxylic acids is 1. The van der Waals surface area contributed by atoms with Crippen molar-refractivity contribution in [1.29, 1.82) is 0 Å². The van der Waals surface area contributed by atoms with Crippen LogP contribution >= 0.6 is 11.3 Å². The minimum Gasteiger partial charge on any atom is -0.296 e. The van der Waals surface area contributed by atoms with E-state index in [0.29, 0.717) is 5.13 Å². The van der Waals surface area contributed by atoms with Crippen LogP contribution in [0.5, 0.6) is 0 Å². The number of H-pyrrole nitrogens is 2. The number of thiazole rings is 1. The summed E-state index contributed by atoms with van der Waals surface area (Å²) >= 11 is 1.29. The first-order chi connectivity index (χ1) is 10.0. The van der Waals surface area contributed by atoms with Crippen LogP contribution in [0.4, 0.5) is 5.13 Å². The van der Waals surface area contributed by atoms with Crippen LogP contribution in [0.3, 0.4) is 0 Å². The largest absolute Gasteiger partial charge is 0.342 e. The van der Waals surface area contributed by atoms with Crippen LogP contribution < -0.4 is 16.6 Å². The van der Waals surface area contributed by atoms with Gasteiger partial charge in [-0.15, -0.1) is 0 Å². The fraction of sp³-hybridized carbons (Fsp3) is 0.0833. The Bertz CT molecular complexity index is 955. The molecule has 0 unspecified atom stereocenters. The van der Waals surface area contributed by atoms with Crippen LogP contribution in [0, 0.1) is 6.92 Å². The molecule has 2 aromatic heterocycles. The molecule has 3 N–H and O–H groups in total. The number of anilines is 1. The molecule has 0 saturated carbocycles. The van der Waals surface area contributed by atoms with E-state index in [1.165, 1.54) is 11.3 Å². The summed E-state index contributed by atoms with van der Waals surface area (Å²) < 4.78 is 0.925. The number of benzene rings is 1. The Labute approximate surface area is 120 Å². The summed E-state index contributed by atoms with van der Waals surface area (Å²) in [6.07, 6.45) is 0. The van der Waals surface area contributed by atoms with Crippen LogP contribution in [-0.2, 0) is 0 Å². The van der Waals surface area contributed by atoms with Gasteiger partial charge in [-0.3, -0.25) is 19.9 Å². The molecule has 0 spiro atoms. The maximum absolute atomic E-state index is 11.9. The van der Waals surface area contributed by atoms with Gasteiger partial charge in [0.05, 0.1) is 10.2 Å². The van der Waals surface area contributed by atoms with Gasteiger partial charge in [0, 0.05) is 0 Å². The van der Waals surface area contributed by atoms with Crippen LogP contribution in [0.1, 0.15) is 16.1 Å². The van der Waals surface area contributed by atoms with E-state index in [1.54, 1.807) is 0 Å². The highest BCUT2D eigenvalue weighted by atomic mass is 32.1. The standard InChI is InChI=1S/C12H9N5O3S/c1-5-2-3-6-7(4-5)21-12(13-6)15-10(19)8-9(18)14-11(20)17-16-8/h2-4H,1H3,(H,13,15,19)(H2,14,17,18,20). The third-order valence-corrected chi connectivity index (χ3v) is 3.62. The summed E-state index contributed by atoms with van der Waals surface area (Å²) in [7, 11) is 0. The Morgan fingerprint density at radius 2 is 2.14 bits per heavy atom. The number of nitrogens with one attached hydrogen (secondary N) is 3. The lowest BCUT2D eigenvalue weighted by molar-refractivity contribution is 0.101. The first-order valence-corrected chi connectivity index (χ1v) is 6.72. The van der Waals surface area contributed by atoms with E-state index in [-0.39, 0.29) is 0 Å². The predicted molar refractivity (Wildman–Crippen MR) is 77.8 cm³/mol. The van der Waals surface area contributed by atoms with Crippen molar-refractivity contribution in [3.05, 3.63) is 50.3 Å². The molecular formula is C12H9N5O3S. The number of aryl methyl sites for hydroxylation is 1. The molecule has 3 aromatic rings. The molecular weight excluding hydrogens is 294 g/mol. The number of rotatable bonds is 2. The fourth-order valence-electron chi connectivity index (χ4n) is 1.74. The van der Waals surface area contributed by atoms with Gasteiger partial charge in [0.15, 0.2) is 5.13 Å². The third-order valence-electron chi connectivity index (χ3n) is 2.69. The normalized spacial score (nSPS) is 10.7. The summed E-state index contributed by atoms with van der Waals surface area (Å²) in [6.45, 7) is 1.96. The molecule has 21 heavy (non-hydrogen) atoms. The number of hydrogen-bond donors (Lipinski definition) is 3. The second kappa shape index (κ2) is 4.94. The molecule has 3 rings (SSSR count). The topological polar surface area (TPSA) is 121 Å². The highest BCUT2D eigenvalue weighted by molar-refractivity contribution is 7.22. The van der Waals surface area contributed by atoms with Gasteiger partial charge in [0.1, 0.15) is 0 Å². The quantitative estimate of drug-likeness (QED) is 0.641. The Balaban J connectivity index is 1.92. The molecule has 0 radical (unpaired) electrons. The van der Waals surface area contributed by atoms with Gasteiger partial charge in [0.25, 0.3) is 11.5 Å². The van der Waals surface area contributed by atoms with Crippen molar-refractivity contribution in [2.24, 2.45) is 0 Å². The zero-order valence-electron chi connectivity index (χ0n) is 10.8. The minimum absolute atomic E-state index is 0.355. The number of aromatic nitrogens is 4. The molecule has 2 heterocycles. The zero-order chi connectivity index (χ0) is 15.0. The number of amides is 1. The van der Waals surface area contributed by atoms with E-state index in [9.17, 15) is 14.4 Å². The van der Waals surface area contributed by atoms with E-state index < -0.39 is 22.9 Å². The lowest BCUT2D eigenvalue weighted by atomic mass is 10.2. The highest BCUT2D eigenvalue weighted by Gasteiger charge is 2.15. The molecule has 0 atom stereocenters. The molecule has 106 valence electrons. The van der Waals surface area contributed by atoms with Gasteiger partial charge in [-0.2, -0.15) is 5.10 Å². The van der Waals surface area contributed by atoms with Gasteiger partial charge < -0.3 is 0 Å². The lowest BCUT2D eigenvalue weighted by Crippen LogP contribution is -2.32. The summed E-state index contributed by atoms with van der Waals surface area (Å²) in [4.78, 5) is 40.4. The van der Waals surface area contributed by atoms with Crippen LogP contribution in [0.2, 0.25) is 0 Å². The van der Waals surface area contributed by atoms with Crippen molar-refractivity contribution in [1.82, 2.24) is 20.2 Å². The first-order valence-electron chi connectivity index (χ1n) is 5.90. The van der Waals surface area contributed by atoms with Crippen molar-refractivity contribution < 1.29 is 4.79 Å². The highest BCUT2D eigenvalue weighted by Crippen LogP contribution is 2.26. The van der Waals surface area contributed by atoms with E-state index >= 15 is 0 Å². The Morgan fingerprint density at radius 3 is 2.90 bits per heavy atom. The van der Waals surface area contributed by atoms with Crippen molar-refractivity contribution in [2.45, 2.75) is 6.92 Å². The van der Waals surface area contributed by atoms with Crippen molar-refractivity contribution >= 4 is 32.6 Å². The smallest absolute Gasteiger partial charge is 0.296 e. The number of fused-ring (bicyclic) bond motifs is 1. The lowest BCUT2D eigenvalue weighted by Gasteiger charge is -1.98. The van der Waals surface area contributed by atoms with Crippen LogP contribution in [0.15, 0.2) is 27.8 Å². The van der Waals surface area contributed by atoms with Crippen molar-refractivity contribution in [2.75, 3.05) is 5.32 Å². The average Bonchev–Trinajstić information content (AvgIpc) is 2.79. The molecule has 8 nitrogen and oxygen atoms in total. The van der Waals surface area contributed by atoms with Gasteiger partial charge in [-0.25, -0.2) is 14.9 Å². The molecule has 1 aromatic carbocycles. The first kappa shape index (κ1) is 13.2.